The van der Waals surface area contributed by atoms with Gasteiger partial charge in [0.25, 0.3) is 0 Å². The summed E-state index contributed by atoms with van der Waals surface area (Å²) in [6.45, 7) is 0.950. The second-order valence-corrected chi connectivity index (χ2v) is 3.57. The van der Waals surface area contributed by atoms with Crippen molar-refractivity contribution in [3.8, 4) is 0 Å². The minimum absolute atomic E-state index is 0.310. The fraction of sp³-hybridized carbons (Fsp3) is 0.167. The van der Waals surface area contributed by atoms with Crippen molar-refractivity contribution in [2.24, 2.45) is 0 Å². The van der Waals surface area contributed by atoms with Crippen molar-refractivity contribution in [3.05, 3.63) is 59.5 Å². The number of hydrogen-bond donors (Lipinski definition) is 1. The van der Waals surface area contributed by atoms with Crippen LogP contribution in [0.3, 0.4) is 0 Å². The van der Waals surface area contributed by atoms with E-state index in [1.807, 2.05) is 6.07 Å². The molecule has 0 saturated carbocycles. The molecule has 1 aliphatic heterocycles. The fourth-order valence-corrected chi connectivity index (χ4v) is 2.04. The van der Waals surface area contributed by atoms with Crippen LogP contribution in [0, 0.1) is 0 Å². The van der Waals surface area contributed by atoms with Gasteiger partial charge in [0.15, 0.2) is 0 Å². The number of furan rings is 1. The van der Waals surface area contributed by atoms with Crippen LogP contribution in [0.1, 0.15) is 22.7 Å². The molecule has 3 rings (SSSR count). The highest BCUT2D eigenvalue weighted by Crippen LogP contribution is 2.30. The van der Waals surface area contributed by atoms with Crippen molar-refractivity contribution in [1.82, 2.24) is 5.32 Å². The Bertz CT molecular complexity index is 433. The lowest BCUT2D eigenvalue weighted by atomic mass is 10.0. The third kappa shape index (κ3) is 1.08. The van der Waals surface area contributed by atoms with Gasteiger partial charge in [-0.15, -0.1) is 0 Å². The molecule has 1 unspecified atom stereocenters. The summed E-state index contributed by atoms with van der Waals surface area (Å²) in [5.41, 5.74) is 3.96. The van der Waals surface area contributed by atoms with E-state index in [2.05, 4.69) is 29.6 Å². The predicted octanol–water partition coefficient (Wildman–Crippen LogP) is 2.47. The summed E-state index contributed by atoms with van der Waals surface area (Å²) >= 11 is 0. The minimum Gasteiger partial charge on any atom is -0.472 e. The Labute approximate surface area is 82.6 Å². The summed E-state index contributed by atoms with van der Waals surface area (Å²) in [5, 5.41) is 3.46. The summed E-state index contributed by atoms with van der Waals surface area (Å²) in [7, 11) is 0. The molecule has 0 fully saturated rings. The summed E-state index contributed by atoms with van der Waals surface area (Å²) < 4.78 is 5.10. The lowest BCUT2D eigenvalue weighted by Crippen LogP contribution is -2.12. The van der Waals surface area contributed by atoms with Crippen molar-refractivity contribution in [2.75, 3.05) is 0 Å². The quantitative estimate of drug-likeness (QED) is 0.738. The van der Waals surface area contributed by atoms with E-state index in [0.29, 0.717) is 6.04 Å². The monoisotopic (exact) mass is 185 g/mol. The first-order valence-corrected chi connectivity index (χ1v) is 4.78. The summed E-state index contributed by atoms with van der Waals surface area (Å²) in [5.74, 6) is 0. The predicted molar refractivity (Wildman–Crippen MR) is 53.8 cm³/mol. The zero-order valence-corrected chi connectivity index (χ0v) is 7.73. The average Bonchev–Trinajstić information content (AvgIpc) is 2.85. The zero-order valence-electron chi connectivity index (χ0n) is 7.73. The highest BCUT2D eigenvalue weighted by atomic mass is 16.3. The molecule has 1 aromatic carbocycles. The number of hydrogen-bond acceptors (Lipinski definition) is 2. The van der Waals surface area contributed by atoms with Crippen LogP contribution in [0.2, 0.25) is 0 Å². The molecule has 14 heavy (non-hydrogen) atoms. The molecule has 0 aliphatic carbocycles. The summed E-state index contributed by atoms with van der Waals surface area (Å²) in [6, 6.07) is 10.8. The van der Waals surface area contributed by atoms with E-state index in [4.69, 9.17) is 4.42 Å². The molecule has 1 atom stereocenters. The molecule has 2 nitrogen and oxygen atoms in total. The van der Waals surface area contributed by atoms with Gasteiger partial charge in [0, 0.05) is 12.1 Å². The normalized spacial score (nSPS) is 19.6. The number of fused-ring (bicyclic) bond motifs is 1. The van der Waals surface area contributed by atoms with E-state index in [1.165, 1.54) is 16.7 Å². The molecule has 2 aromatic rings. The highest BCUT2D eigenvalue weighted by Gasteiger charge is 2.22. The van der Waals surface area contributed by atoms with Gasteiger partial charge in [-0.3, -0.25) is 0 Å². The van der Waals surface area contributed by atoms with Gasteiger partial charge in [0.05, 0.1) is 18.6 Å². The van der Waals surface area contributed by atoms with Gasteiger partial charge in [0.1, 0.15) is 0 Å². The Morgan fingerprint density at radius 2 is 2.14 bits per heavy atom. The molecule has 0 bridgehead atoms. The van der Waals surface area contributed by atoms with Crippen molar-refractivity contribution in [2.45, 2.75) is 12.6 Å². The van der Waals surface area contributed by atoms with Crippen molar-refractivity contribution in [3.63, 3.8) is 0 Å². The fourth-order valence-electron chi connectivity index (χ4n) is 2.04. The van der Waals surface area contributed by atoms with Gasteiger partial charge < -0.3 is 9.73 Å². The molecule has 0 radical (unpaired) electrons. The van der Waals surface area contributed by atoms with Gasteiger partial charge in [-0.2, -0.15) is 0 Å². The molecule has 0 amide bonds. The van der Waals surface area contributed by atoms with E-state index in [0.717, 1.165) is 6.54 Å². The van der Waals surface area contributed by atoms with E-state index < -0.39 is 0 Å². The van der Waals surface area contributed by atoms with Crippen LogP contribution in [0.4, 0.5) is 0 Å². The molecule has 1 N–H and O–H groups in total. The molecular weight excluding hydrogens is 174 g/mol. The molecule has 0 spiro atoms. The van der Waals surface area contributed by atoms with E-state index >= 15 is 0 Å². The van der Waals surface area contributed by atoms with Crippen molar-refractivity contribution in [1.29, 1.82) is 0 Å². The van der Waals surface area contributed by atoms with E-state index in [-0.39, 0.29) is 0 Å². The molecule has 2 heteroatoms. The Morgan fingerprint density at radius 3 is 3.00 bits per heavy atom. The molecule has 2 heterocycles. The Hall–Kier alpha value is -1.54. The first kappa shape index (κ1) is 7.83. The number of benzene rings is 1. The molecule has 1 aliphatic rings. The Kier molecular flexibility index (Phi) is 1.67. The molecule has 1 aromatic heterocycles. The van der Waals surface area contributed by atoms with Gasteiger partial charge in [-0.25, -0.2) is 0 Å². The van der Waals surface area contributed by atoms with Gasteiger partial charge in [0.2, 0.25) is 0 Å². The van der Waals surface area contributed by atoms with Crippen LogP contribution in [0.15, 0.2) is 47.3 Å². The lowest BCUT2D eigenvalue weighted by Gasteiger charge is -2.08. The highest BCUT2D eigenvalue weighted by molar-refractivity contribution is 5.39. The molecule has 0 saturated heterocycles. The first-order valence-electron chi connectivity index (χ1n) is 4.78. The van der Waals surface area contributed by atoms with Crippen LogP contribution >= 0.6 is 0 Å². The average molecular weight is 185 g/mol. The van der Waals surface area contributed by atoms with Crippen LogP contribution in [0.5, 0.6) is 0 Å². The van der Waals surface area contributed by atoms with E-state index in [9.17, 15) is 0 Å². The van der Waals surface area contributed by atoms with E-state index in [1.54, 1.807) is 12.5 Å². The third-order valence-corrected chi connectivity index (χ3v) is 2.74. The first-order chi connectivity index (χ1) is 6.95. The standard InChI is InChI=1S/C12H11NO/c1-2-4-11-9(3-1)7-13-12(11)10-5-6-14-8-10/h1-6,8,12-13H,7H2. The largest absolute Gasteiger partial charge is 0.472 e. The number of nitrogens with one attached hydrogen (secondary N) is 1. The van der Waals surface area contributed by atoms with Gasteiger partial charge >= 0.3 is 0 Å². The van der Waals surface area contributed by atoms with Crippen LogP contribution in [0.25, 0.3) is 0 Å². The lowest BCUT2D eigenvalue weighted by molar-refractivity contribution is 0.556. The second-order valence-electron chi connectivity index (χ2n) is 3.57. The Morgan fingerprint density at radius 1 is 1.21 bits per heavy atom. The number of rotatable bonds is 1. The smallest absolute Gasteiger partial charge is 0.0953 e. The van der Waals surface area contributed by atoms with Crippen LogP contribution < -0.4 is 5.32 Å². The van der Waals surface area contributed by atoms with Crippen molar-refractivity contribution >= 4 is 0 Å². The zero-order chi connectivity index (χ0) is 9.38. The maximum Gasteiger partial charge on any atom is 0.0953 e. The third-order valence-electron chi connectivity index (χ3n) is 2.74. The summed E-state index contributed by atoms with van der Waals surface area (Å²) in [6.07, 6.45) is 3.53. The Balaban J connectivity index is 2.06. The SMILES string of the molecule is c1ccc2c(c1)CNC2c1ccoc1. The molecule has 70 valence electrons. The maximum atomic E-state index is 5.10. The molecular formula is C12H11NO. The van der Waals surface area contributed by atoms with Crippen LogP contribution in [-0.2, 0) is 6.54 Å². The van der Waals surface area contributed by atoms with Crippen molar-refractivity contribution < 1.29 is 4.42 Å². The minimum atomic E-state index is 0.310. The summed E-state index contributed by atoms with van der Waals surface area (Å²) in [4.78, 5) is 0. The second kappa shape index (κ2) is 3.00. The van der Waals surface area contributed by atoms with Gasteiger partial charge in [-0.05, 0) is 17.2 Å². The topological polar surface area (TPSA) is 25.2 Å². The van der Waals surface area contributed by atoms with Gasteiger partial charge in [-0.1, -0.05) is 24.3 Å². The van der Waals surface area contributed by atoms with Crippen LogP contribution in [-0.4, -0.2) is 0 Å². The maximum absolute atomic E-state index is 5.10.